The lowest BCUT2D eigenvalue weighted by Crippen LogP contribution is -2.39. The minimum Gasteiger partial charge on any atom is -0.379 e. The van der Waals surface area contributed by atoms with Crippen LogP contribution in [0.25, 0.3) is 16.8 Å². The summed E-state index contributed by atoms with van der Waals surface area (Å²) in [4.78, 5) is 7.40. The molecule has 1 fully saturated rings. The Morgan fingerprint density at radius 3 is 2.61 bits per heavy atom. The molecule has 28 heavy (non-hydrogen) atoms. The zero-order chi connectivity index (χ0) is 19.5. The van der Waals surface area contributed by atoms with E-state index >= 15 is 0 Å². The molecule has 0 spiro atoms. The molecule has 0 saturated carbocycles. The minimum absolute atomic E-state index is 0.351. The zero-order valence-electron chi connectivity index (χ0n) is 17.0. The van der Waals surface area contributed by atoms with E-state index in [1.807, 2.05) is 10.6 Å². The Bertz CT molecular complexity index is 929. The molecule has 148 valence electrons. The Morgan fingerprint density at radius 1 is 1.14 bits per heavy atom. The second-order valence-electron chi connectivity index (χ2n) is 7.66. The summed E-state index contributed by atoms with van der Waals surface area (Å²) < 4.78 is 7.40. The molecule has 6 heteroatoms. The molecule has 1 N–H and O–H groups in total. The molecule has 4 rings (SSSR count). The molecule has 1 aliphatic rings. The van der Waals surface area contributed by atoms with E-state index in [-0.39, 0.29) is 0 Å². The number of nitrogens with zero attached hydrogens (tertiary/aromatic N) is 4. The van der Waals surface area contributed by atoms with E-state index < -0.39 is 0 Å². The molecule has 0 unspecified atom stereocenters. The van der Waals surface area contributed by atoms with Gasteiger partial charge in [-0.3, -0.25) is 4.90 Å². The first kappa shape index (κ1) is 18.9. The van der Waals surface area contributed by atoms with Gasteiger partial charge in [0.25, 0.3) is 0 Å². The topological polar surface area (TPSA) is 54.7 Å². The number of rotatable bonds is 6. The van der Waals surface area contributed by atoms with Crippen LogP contribution in [0, 0.1) is 6.92 Å². The number of hydrogen-bond acceptors (Lipinski definition) is 5. The van der Waals surface area contributed by atoms with Gasteiger partial charge in [0.05, 0.1) is 18.9 Å². The Kier molecular flexibility index (Phi) is 5.59. The maximum Gasteiger partial charge on any atom is 0.165 e. The summed E-state index contributed by atoms with van der Waals surface area (Å²) in [6.07, 6.45) is 0. The normalized spacial score (nSPS) is 15.4. The fourth-order valence-electron chi connectivity index (χ4n) is 3.67. The van der Waals surface area contributed by atoms with Gasteiger partial charge in [-0.15, -0.1) is 0 Å². The number of hydrogen-bond donors (Lipinski definition) is 1. The lowest BCUT2D eigenvalue weighted by Gasteiger charge is -2.26. The van der Waals surface area contributed by atoms with E-state index in [1.165, 1.54) is 0 Å². The third-order valence-corrected chi connectivity index (χ3v) is 5.28. The first-order valence-electron chi connectivity index (χ1n) is 10.1. The number of morpholine rings is 1. The van der Waals surface area contributed by atoms with Gasteiger partial charge in [-0.1, -0.05) is 44.2 Å². The summed E-state index contributed by atoms with van der Waals surface area (Å²) in [5, 5.41) is 8.41. The maximum atomic E-state index is 5.44. The standard InChI is InChI=1S/C22H29N5O/c1-16(2)19-15-20(23-9-10-26-11-13-28-14-12-26)27-22(24-19)21(17(3)25-27)18-7-5-4-6-8-18/h4-8,15-16,23H,9-14H2,1-3H3. The SMILES string of the molecule is Cc1nn2c(NCCN3CCOCC3)cc(C(C)C)nc2c1-c1ccccc1. The fourth-order valence-corrected chi connectivity index (χ4v) is 3.67. The Hall–Kier alpha value is -2.44. The van der Waals surface area contributed by atoms with Crippen LogP contribution < -0.4 is 5.32 Å². The molecule has 0 amide bonds. The van der Waals surface area contributed by atoms with Crippen molar-refractivity contribution in [1.82, 2.24) is 19.5 Å². The second kappa shape index (κ2) is 8.29. The first-order valence-corrected chi connectivity index (χ1v) is 10.1. The van der Waals surface area contributed by atoms with Gasteiger partial charge in [0.1, 0.15) is 5.82 Å². The third kappa shape index (κ3) is 3.88. The van der Waals surface area contributed by atoms with Crippen LogP contribution in [0.4, 0.5) is 5.82 Å². The highest BCUT2D eigenvalue weighted by molar-refractivity contribution is 5.80. The van der Waals surface area contributed by atoms with Crippen molar-refractivity contribution in [3.63, 3.8) is 0 Å². The van der Waals surface area contributed by atoms with Crippen molar-refractivity contribution < 1.29 is 4.74 Å². The number of anilines is 1. The van der Waals surface area contributed by atoms with Crippen LogP contribution in [0.5, 0.6) is 0 Å². The summed E-state index contributed by atoms with van der Waals surface area (Å²) in [6.45, 7) is 12.0. The van der Waals surface area contributed by atoms with Crippen LogP contribution >= 0.6 is 0 Å². The van der Waals surface area contributed by atoms with Crippen molar-refractivity contribution in [3.8, 4) is 11.1 Å². The highest BCUT2D eigenvalue weighted by Crippen LogP contribution is 2.30. The van der Waals surface area contributed by atoms with Crippen LogP contribution in [0.1, 0.15) is 31.2 Å². The monoisotopic (exact) mass is 379 g/mol. The Labute approximate surface area is 166 Å². The van der Waals surface area contributed by atoms with Crippen LogP contribution in [-0.2, 0) is 4.74 Å². The van der Waals surface area contributed by atoms with Gasteiger partial charge in [-0.05, 0) is 18.4 Å². The number of aryl methyl sites for hydroxylation is 1. The largest absolute Gasteiger partial charge is 0.379 e. The summed E-state index contributed by atoms with van der Waals surface area (Å²) in [5.41, 5.74) is 5.26. The van der Waals surface area contributed by atoms with E-state index in [0.29, 0.717) is 5.92 Å². The van der Waals surface area contributed by atoms with E-state index in [0.717, 1.165) is 73.4 Å². The maximum absolute atomic E-state index is 5.44. The van der Waals surface area contributed by atoms with Gasteiger partial charge < -0.3 is 10.1 Å². The predicted molar refractivity (Wildman–Crippen MR) is 113 cm³/mol. The van der Waals surface area contributed by atoms with Crippen molar-refractivity contribution in [2.24, 2.45) is 0 Å². The van der Waals surface area contributed by atoms with Gasteiger partial charge in [0, 0.05) is 43.5 Å². The number of nitrogens with one attached hydrogen (secondary N) is 1. The lowest BCUT2D eigenvalue weighted by atomic mass is 10.1. The van der Waals surface area contributed by atoms with Crippen LogP contribution in [-0.4, -0.2) is 58.9 Å². The molecule has 2 aromatic heterocycles. The van der Waals surface area contributed by atoms with Gasteiger partial charge in [-0.25, -0.2) is 4.98 Å². The van der Waals surface area contributed by atoms with Gasteiger partial charge >= 0.3 is 0 Å². The molecule has 3 heterocycles. The van der Waals surface area contributed by atoms with Crippen molar-refractivity contribution in [2.75, 3.05) is 44.7 Å². The number of fused-ring (bicyclic) bond motifs is 1. The molecule has 0 bridgehead atoms. The van der Waals surface area contributed by atoms with Crippen LogP contribution in [0.15, 0.2) is 36.4 Å². The van der Waals surface area contributed by atoms with Crippen molar-refractivity contribution in [3.05, 3.63) is 47.8 Å². The van der Waals surface area contributed by atoms with E-state index in [2.05, 4.69) is 61.3 Å². The molecule has 0 radical (unpaired) electrons. The highest BCUT2D eigenvalue weighted by atomic mass is 16.5. The number of ether oxygens (including phenoxy) is 1. The van der Waals surface area contributed by atoms with Gasteiger partial charge in [-0.2, -0.15) is 9.61 Å². The van der Waals surface area contributed by atoms with Gasteiger partial charge in [0.15, 0.2) is 5.65 Å². The molecule has 0 aliphatic carbocycles. The second-order valence-corrected chi connectivity index (χ2v) is 7.66. The van der Waals surface area contributed by atoms with E-state index in [9.17, 15) is 0 Å². The zero-order valence-corrected chi connectivity index (χ0v) is 17.0. The molecule has 1 aromatic carbocycles. The average Bonchev–Trinajstić information content (AvgIpc) is 3.05. The van der Waals surface area contributed by atoms with Crippen molar-refractivity contribution in [1.29, 1.82) is 0 Å². The average molecular weight is 380 g/mol. The fraction of sp³-hybridized carbons (Fsp3) is 0.455. The predicted octanol–water partition coefficient (Wildman–Crippen LogP) is 3.57. The van der Waals surface area contributed by atoms with Crippen molar-refractivity contribution in [2.45, 2.75) is 26.7 Å². The minimum atomic E-state index is 0.351. The summed E-state index contributed by atoms with van der Waals surface area (Å²) in [6, 6.07) is 12.5. The molecule has 3 aromatic rings. The molecule has 1 aliphatic heterocycles. The first-order chi connectivity index (χ1) is 13.6. The Balaban J connectivity index is 1.67. The third-order valence-electron chi connectivity index (χ3n) is 5.28. The molecule has 6 nitrogen and oxygen atoms in total. The smallest absolute Gasteiger partial charge is 0.165 e. The van der Waals surface area contributed by atoms with Gasteiger partial charge in [0.2, 0.25) is 0 Å². The van der Waals surface area contributed by atoms with Crippen LogP contribution in [0.3, 0.4) is 0 Å². The quantitative estimate of drug-likeness (QED) is 0.710. The van der Waals surface area contributed by atoms with Crippen molar-refractivity contribution >= 4 is 11.5 Å². The number of aromatic nitrogens is 3. The number of benzene rings is 1. The summed E-state index contributed by atoms with van der Waals surface area (Å²) in [5.74, 6) is 1.36. The lowest BCUT2D eigenvalue weighted by molar-refractivity contribution is 0.0398. The highest BCUT2D eigenvalue weighted by Gasteiger charge is 2.18. The molecule has 1 saturated heterocycles. The summed E-state index contributed by atoms with van der Waals surface area (Å²) >= 11 is 0. The molecule has 0 atom stereocenters. The van der Waals surface area contributed by atoms with Crippen LogP contribution in [0.2, 0.25) is 0 Å². The summed E-state index contributed by atoms with van der Waals surface area (Å²) in [7, 11) is 0. The molecular weight excluding hydrogens is 350 g/mol. The molecular formula is C22H29N5O. The Morgan fingerprint density at radius 2 is 1.89 bits per heavy atom. The van der Waals surface area contributed by atoms with E-state index in [4.69, 9.17) is 14.8 Å². The van der Waals surface area contributed by atoms with E-state index in [1.54, 1.807) is 0 Å².